The molecule has 25 heavy (non-hydrogen) atoms. The summed E-state index contributed by atoms with van der Waals surface area (Å²) >= 11 is 0. The van der Waals surface area contributed by atoms with Crippen LogP contribution < -0.4 is 4.74 Å². The Morgan fingerprint density at radius 3 is 2.44 bits per heavy atom. The third-order valence-electron chi connectivity index (χ3n) is 3.78. The topological polar surface area (TPSA) is 89.9 Å². The number of esters is 1. The van der Waals surface area contributed by atoms with Crippen molar-refractivity contribution in [2.45, 2.75) is 33.3 Å². The molecule has 0 saturated heterocycles. The summed E-state index contributed by atoms with van der Waals surface area (Å²) in [4.78, 5) is 36.8. The third kappa shape index (κ3) is 3.79. The molecule has 132 valence electrons. The summed E-state index contributed by atoms with van der Waals surface area (Å²) in [5, 5.41) is 10.1. The van der Waals surface area contributed by atoms with E-state index >= 15 is 0 Å². The largest absolute Gasteiger partial charge is 0.507 e. The normalized spacial score (nSPS) is 14.3. The number of phenols is 1. The molecule has 0 spiro atoms. The highest BCUT2D eigenvalue weighted by molar-refractivity contribution is 6.27. The first kappa shape index (κ1) is 18.4. The predicted octanol–water partition coefficient (Wildman–Crippen LogP) is 2.99. The summed E-state index contributed by atoms with van der Waals surface area (Å²) in [6.45, 7) is 4.98. The smallest absolute Gasteiger partial charge is 0.303 e. The van der Waals surface area contributed by atoms with Crippen molar-refractivity contribution in [2.75, 3.05) is 7.11 Å². The fourth-order valence-corrected chi connectivity index (χ4v) is 2.66. The second-order valence-electron chi connectivity index (χ2n) is 5.95. The van der Waals surface area contributed by atoms with Gasteiger partial charge in [-0.25, -0.2) is 0 Å². The van der Waals surface area contributed by atoms with Crippen molar-refractivity contribution in [3.63, 3.8) is 0 Å². The third-order valence-corrected chi connectivity index (χ3v) is 3.78. The fraction of sp³-hybridized carbons (Fsp3) is 0.316. The first-order valence-corrected chi connectivity index (χ1v) is 7.77. The Bertz CT molecular complexity index is 796. The zero-order valence-electron chi connectivity index (χ0n) is 14.6. The molecular formula is C19H20O6. The molecule has 1 aromatic carbocycles. The number of methoxy groups -OCH3 is 1. The van der Waals surface area contributed by atoms with Gasteiger partial charge < -0.3 is 14.6 Å². The van der Waals surface area contributed by atoms with Crippen molar-refractivity contribution in [1.29, 1.82) is 0 Å². The summed E-state index contributed by atoms with van der Waals surface area (Å²) in [7, 11) is 1.38. The minimum absolute atomic E-state index is 0.0139. The van der Waals surface area contributed by atoms with Crippen LogP contribution in [0.1, 0.15) is 47.9 Å². The van der Waals surface area contributed by atoms with E-state index < -0.39 is 23.6 Å². The molecule has 0 radical (unpaired) electrons. The molecule has 6 heteroatoms. The second-order valence-corrected chi connectivity index (χ2v) is 5.95. The summed E-state index contributed by atoms with van der Waals surface area (Å²) in [6.07, 6.45) is 2.32. The molecule has 0 amide bonds. The van der Waals surface area contributed by atoms with Crippen LogP contribution in [0.5, 0.6) is 11.5 Å². The number of benzene rings is 1. The molecule has 6 nitrogen and oxygen atoms in total. The van der Waals surface area contributed by atoms with Crippen LogP contribution in [0.2, 0.25) is 0 Å². The van der Waals surface area contributed by atoms with Gasteiger partial charge in [0.05, 0.1) is 18.2 Å². The quantitative estimate of drug-likeness (QED) is 0.652. The van der Waals surface area contributed by atoms with Crippen LogP contribution in [0.3, 0.4) is 0 Å². The average Bonchev–Trinajstić information content (AvgIpc) is 2.54. The molecule has 0 bridgehead atoms. The minimum Gasteiger partial charge on any atom is -0.507 e. The van der Waals surface area contributed by atoms with Crippen LogP contribution in [0, 0.1) is 0 Å². The van der Waals surface area contributed by atoms with Crippen LogP contribution in [0.4, 0.5) is 0 Å². The van der Waals surface area contributed by atoms with E-state index in [0.717, 1.165) is 11.6 Å². The van der Waals surface area contributed by atoms with Crippen molar-refractivity contribution in [1.82, 2.24) is 0 Å². The molecule has 0 aliphatic heterocycles. The Hall–Kier alpha value is -2.89. The highest BCUT2D eigenvalue weighted by Gasteiger charge is 2.35. The Labute approximate surface area is 145 Å². The van der Waals surface area contributed by atoms with Crippen molar-refractivity contribution >= 4 is 17.5 Å². The van der Waals surface area contributed by atoms with Gasteiger partial charge in [-0.1, -0.05) is 11.6 Å². The number of ether oxygens (including phenoxy) is 2. The number of rotatable bonds is 5. The van der Waals surface area contributed by atoms with Gasteiger partial charge in [-0.05, 0) is 32.1 Å². The average molecular weight is 344 g/mol. The van der Waals surface area contributed by atoms with Crippen LogP contribution in [0.15, 0.2) is 35.4 Å². The van der Waals surface area contributed by atoms with Crippen LogP contribution >= 0.6 is 0 Å². The van der Waals surface area contributed by atoms with Crippen LogP contribution in [-0.4, -0.2) is 35.9 Å². The van der Waals surface area contributed by atoms with Gasteiger partial charge in [-0.3, -0.25) is 14.4 Å². The maximum absolute atomic E-state index is 12.9. The molecule has 1 aliphatic rings. The lowest BCUT2D eigenvalue weighted by Crippen LogP contribution is -2.28. The number of allylic oxidation sites excluding steroid dienone is 2. The second kappa shape index (κ2) is 7.34. The number of carbonyl (C=O) groups is 3. The molecule has 0 heterocycles. The highest BCUT2D eigenvalue weighted by Crippen LogP contribution is 2.36. The summed E-state index contributed by atoms with van der Waals surface area (Å²) in [5.41, 5.74) is 0.905. The molecule has 0 saturated carbocycles. The van der Waals surface area contributed by atoms with Gasteiger partial charge in [-0.15, -0.1) is 0 Å². The van der Waals surface area contributed by atoms with Crippen LogP contribution in [0.25, 0.3) is 0 Å². The number of hydrogen-bond donors (Lipinski definition) is 1. The Balaban J connectivity index is 2.54. The lowest BCUT2D eigenvalue weighted by atomic mass is 9.85. The Morgan fingerprint density at radius 1 is 1.20 bits per heavy atom. The van der Waals surface area contributed by atoms with E-state index in [-0.39, 0.29) is 34.6 Å². The van der Waals surface area contributed by atoms with E-state index in [0.29, 0.717) is 0 Å². The summed E-state index contributed by atoms with van der Waals surface area (Å²) in [6, 6.07) is 2.72. The van der Waals surface area contributed by atoms with Crippen molar-refractivity contribution in [3.8, 4) is 11.5 Å². The van der Waals surface area contributed by atoms with Crippen molar-refractivity contribution < 1.29 is 29.0 Å². The number of fused-ring (bicyclic) bond motifs is 1. The van der Waals surface area contributed by atoms with Gasteiger partial charge >= 0.3 is 5.97 Å². The Kier molecular flexibility index (Phi) is 5.41. The predicted molar refractivity (Wildman–Crippen MR) is 91.0 cm³/mol. The van der Waals surface area contributed by atoms with E-state index in [1.165, 1.54) is 26.2 Å². The maximum Gasteiger partial charge on any atom is 0.303 e. The van der Waals surface area contributed by atoms with Gasteiger partial charge in [0, 0.05) is 18.9 Å². The van der Waals surface area contributed by atoms with E-state index in [2.05, 4.69) is 0 Å². The van der Waals surface area contributed by atoms with Gasteiger partial charge in [0.15, 0.2) is 11.6 Å². The summed E-state index contributed by atoms with van der Waals surface area (Å²) in [5.74, 6) is -1.71. The van der Waals surface area contributed by atoms with Gasteiger partial charge in [0.1, 0.15) is 17.6 Å². The van der Waals surface area contributed by atoms with Gasteiger partial charge in [0.2, 0.25) is 0 Å². The SMILES string of the molecule is COc1ccc(O)c2c1C(=O)C=C([C@H](CC=C(C)C)OC(C)=O)C2=O. The number of aromatic hydroxyl groups is 1. The lowest BCUT2D eigenvalue weighted by molar-refractivity contribution is -0.144. The molecule has 0 fully saturated rings. The highest BCUT2D eigenvalue weighted by atomic mass is 16.5. The molecule has 1 atom stereocenters. The zero-order chi connectivity index (χ0) is 18.7. The fourth-order valence-electron chi connectivity index (χ4n) is 2.66. The zero-order valence-corrected chi connectivity index (χ0v) is 14.6. The van der Waals surface area contributed by atoms with Crippen molar-refractivity contribution in [3.05, 3.63) is 46.6 Å². The van der Waals surface area contributed by atoms with Gasteiger partial charge in [0.25, 0.3) is 0 Å². The monoisotopic (exact) mass is 344 g/mol. The molecule has 1 aromatic rings. The van der Waals surface area contributed by atoms with Crippen LogP contribution in [-0.2, 0) is 9.53 Å². The standard InChI is InChI=1S/C19H20O6/c1-10(2)5-7-15(25-11(3)20)12-9-14(22)17-16(24-4)8-6-13(21)18(17)19(12)23/h5-6,8-9,15,21H,7H2,1-4H3/t15-/m0/s1. The number of hydrogen-bond acceptors (Lipinski definition) is 6. The molecular weight excluding hydrogens is 324 g/mol. The number of ketones is 2. The summed E-state index contributed by atoms with van der Waals surface area (Å²) < 4.78 is 10.4. The molecule has 1 N–H and O–H groups in total. The Morgan fingerprint density at radius 2 is 1.88 bits per heavy atom. The van der Waals surface area contributed by atoms with E-state index in [4.69, 9.17) is 9.47 Å². The first-order valence-electron chi connectivity index (χ1n) is 7.77. The molecule has 0 unspecified atom stereocenters. The number of carbonyl (C=O) groups excluding carboxylic acids is 3. The number of phenolic OH excluding ortho intramolecular Hbond substituents is 1. The van der Waals surface area contributed by atoms with E-state index in [1.807, 2.05) is 19.9 Å². The molecule has 1 aliphatic carbocycles. The first-order chi connectivity index (χ1) is 11.8. The number of Topliss-reactive ketones (excluding diaryl/α,β-unsaturated/α-hetero) is 1. The molecule has 0 aromatic heterocycles. The van der Waals surface area contributed by atoms with E-state index in [1.54, 1.807) is 0 Å². The maximum atomic E-state index is 12.9. The molecule has 2 rings (SSSR count). The minimum atomic E-state index is -0.900. The van der Waals surface area contributed by atoms with Gasteiger partial charge in [-0.2, -0.15) is 0 Å². The lowest BCUT2D eigenvalue weighted by Gasteiger charge is -2.23. The van der Waals surface area contributed by atoms with Crippen molar-refractivity contribution in [2.24, 2.45) is 0 Å². The van der Waals surface area contributed by atoms with E-state index in [9.17, 15) is 19.5 Å².